The van der Waals surface area contributed by atoms with Crippen LogP contribution in [0, 0.1) is 0 Å². The quantitative estimate of drug-likeness (QED) is 0.403. The van der Waals surface area contributed by atoms with Crippen LogP contribution < -0.4 is 0 Å². The Morgan fingerprint density at radius 3 is 1.90 bits per heavy atom. The van der Waals surface area contributed by atoms with E-state index >= 15 is 0 Å². The maximum atomic E-state index is 10.6. The number of allylic oxidation sites excluding steroid dienone is 3. The summed E-state index contributed by atoms with van der Waals surface area (Å²) in [4.78, 5) is 0. The zero-order valence-electron chi connectivity index (χ0n) is 15.2. The van der Waals surface area contributed by atoms with Crippen LogP contribution in [0.15, 0.2) is 22.8 Å². The molecule has 0 aromatic rings. The van der Waals surface area contributed by atoms with Gasteiger partial charge in [0, 0.05) is 0 Å². The van der Waals surface area contributed by atoms with Crippen LogP contribution >= 0.6 is 0 Å². The van der Waals surface area contributed by atoms with Gasteiger partial charge >= 0.3 is 0 Å². The van der Waals surface area contributed by atoms with Crippen molar-refractivity contribution < 1.29 is 5.11 Å². The van der Waals surface area contributed by atoms with Crippen molar-refractivity contribution in [2.45, 2.75) is 105 Å². The average Bonchev–Trinajstić information content (AvgIpc) is 2.47. The molecule has 0 heterocycles. The lowest BCUT2D eigenvalue weighted by Crippen LogP contribution is -2.14. The highest BCUT2D eigenvalue weighted by molar-refractivity contribution is 5.37. The fourth-order valence-electron chi connectivity index (χ4n) is 2.98. The number of aliphatic hydroxyl groups excluding tert-OH is 1. The normalized spacial score (nSPS) is 15.0. The molecule has 0 aromatic heterocycles. The maximum absolute atomic E-state index is 10.6. The second-order valence-corrected chi connectivity index (χ2v) is 6.08. The van der Waals surface area contributed by atoms with Crippen molar-refractivity contribution >= 4 is 0 Å². The molecule has 0 aliphatic heterocycles. The molecule has 0 fully saturated rings. The van der Waals surface area contributed by atoms with E-state index in [-0.39, 0.29) is 6.10 Å². The molecule has 0 aromatic carbocycles. The molecule has 0 spiro atoms. The second kappa shape index (κ2) is 13.1. The Balaban J connectivity index is 5.61. The van der Waals surface area contributed by atoms with Gasteiger partial charge in [0.15, 0.2) is 0 Å². The van der Waals surface area contributed by atoms with Gasteiger partial charge in [-0.25, -0.2) is 0 Å². The molecular weight excluding hydrogens is 256 g/mol. The molecule has 21 heavy (non-hydrogen) atoms. The van der Waals surface area contributed by atoms with Crippen LogP contribution in [0.3, 0.4) is 0 Å². The minimum absolute atomic E-state index is 0.238. The Hall–Kier alpha value is -0.560. The first-order valence-corrected chi connectivity index (χ1v) is 9.25. The lowest BCUT2D eigenvalue weighted by Gasteiger charge is -2.22. The molecule has 0 rings (SSSR count). The average molecular weight is 295 g/mol. The van der Waals surface area contributed by atoms with Crippen molar-refractivity contribution in [3.05, 3.63) is 22.8 Å². The van der Waals surface area contributed by atoms with Crippen LogP contribution in [0.5, 0.6) is 0 Å². The fourth-order valence-corrected chi connectivity index (χ4v) is 2.98. The third-order valence-corrected chi connectivity index (χ3v) is 3.96. The van der Waals surface area contributed by atoms with Crippen molar-refractivity contribution in [3.63, 3.8) is 0 Å². The minimum Gasteiger partial charge on any atom is -0.389 e. The molecule has 124 valence electrons. The smallest absolute Gasteiger partial charge is 0.0755 e. The molecule has 0 bridgehead atoms. The molecule has 0 saturated carbocycles. The van der Waals surface area contributed by atoms with Crippen molar-refractivity contribution in [1.82, 2.24) is 0 Å². The number of hydrogen-bond donors (Lipinski definition) is 1. The highest BCUT2D eigenvalue weighted by Gasteiger charge is 2.16. The number of unbranched alkanes of at least 4 members (excludes halogenated alkanes) is 1. The lowest BCUT2D eigenvalue weighted by atomic mass is 9.86. The van der Waals surface area contributed by atoms with E-state index in [0.717, 1.165) is 51.4 Å². The van der Waals surface area contributed by atoms with Gasteiger partial charge in [-0.1, -0.05) is 72.8 Å². The van der Waals surface area contributed by atoms with Crippen LogP contribution in [0.4, 0.5) is 0 Å². The van der Waals surface area contributed by atoms with Gasteiger partial charge < -0.3 is 5.11 Å². The lowest BCUT2D eigenvalue weighted by molar-refractivity contribution is 0.193. The van der Waals surface area contributed by atoms with E-state index < -0.39 is 0 Å². The molecule has 1 unspecified atom stereocenters. The Bertz CT molecular complexity index is 312. The molecule has 0 radical (unpaired) electrons. The van der Waals surface area contributed by atoms with Crippen molar-refractivity contribution in [2.24, 2.45) is 0 Å². The van der Waals surface area contributed by atoms with Crippen LogP contribution in [0.1, 0.15) is 98.8 Å². The van der Waals surface area contributed by atoms with Gasteiger partial charge in [-0.05, 0) is 48.8 Å². The highest BCUT2D eigenvalue weighted by Crippen LogP contribution is 2.30. The van der Waals surface area contributed by atoms with E-state index in [1.807, 2.05) is 0 Å². The van der Waals surface area contributed by atoms with E-state index in [4.69, 9.17) is 0 Å². The van der Waals surface area contributed by atoms with E-state index in [0.29, 0.717) is 0 Å². The second-order valence-electron chi connectivity index (χ2n) is 6.08. The van der Waals surface area contributed by atoms with E-state index in [2.05, 4.69) is 40.7 Å². The first-order chi connectivity index (χ1) is 10.2. The van der Waals surface area contributed by atoms with Crippen LogP contribution in [0.25, 0.3) is 0 Å². The van der Waals surface area contributed by atoms with Gasteiger partial charge in [-0.2, -0.15) is 0 Å². The summed E-state index contributed by atoms with van der Waals surface area (Å²) in [5.74, 6) is 0. The van der Waals surface area contributed by atoms with Crippen LogP contribution in [0.2, 0.25) is 0 Å². The molecule has 0 aliphatic carbocycles. The first-order valence-electron chi connectivity index (χ1n) is 9.25. The molecule has 1 N–H and O–H groups in total. The Kier molecular flexibility index (Phi) is 12.8. The number of rotatable bonds is 12. The summed E-state index contributed by atoms with van der Waals surface area (Å²) in [6.07, 6.45) is 13.3. The highest BCUT2D eigenvalue weighted by atomic mass is 16.3. The molecule has 0 amide bonds. The van der Waals surface area contributed by atoms with Crippen molar-refractivity contribution in [3.8, 4) is 0 Å². The Morgan fingerprint density at radius 2 is 1.43 bits per heavy atom. The van der Waals surface area contributed by atoms with Crippen LogP contribution in [-0.4, -0.2) is 11.2 Å². The minimum atomic E-state index is -0.238. The zero-order chi connectivity index (χ0) is 16.1. The summed E-state index contributed by atoms with van der Waals surface area (Å²) in [5, 5.41) is 10.6. The van der Waals surface area contributed by atoms with Gasteiger partial charge in [0.05, 0.1) is 6.10 Å². The number of aliphatic hydroxyl groups is 1. The molecule has 1 atom stereocenters. The van der Waals surface area contributed by atoms with Gasteiger partial charge in [0.2, 0.25) is 0 Å². The predicted octanol–water partition coefficient (Wildman–Crippen LogP) is 6.57. The Morgan fingerprint density at radius 1 is 0.810 bits per heavy atom. The predicted molar refractivity (Wildman–Crippen MR) is 95.7 cm³/mol. The summed E-state index contributed by atoms with van der Waals surface area (Å²) in [6.45, 7) is 11.1. The third kappa shape index (κ3) is 7.85. The van der Waals surface area contributed by atoms with E-state index in [1.165, 1.54) is 29.6 Å². The third-order valence-electron chi connectivity index (χ3n) is 3.96. The topological polar surface area (TPSA) is 20.2 Å². The van der Waals surface area contributed by atoms with E-state index in [1.54, 1.807) is 0 Å². The molecule has 1 heteroatoms. The number of hydrogen-bond acceptors (Lipinski definition) is 1. The zero-order valence-corrected chi connectivity index (χ0v) is 15.2. The van der Waals surface area contributed by atoms with Crippen molar-refractivity contribution in [2.75, 3.05) is 0 Å². The monoisotopic (exact) mass is 294 g/mol. The fraction of sp³-hybridized carbons (Fsp3) is 0.800. The largest absolute Gasteiger partial charge is 0.389 e. The standard InChI is InChI=1S/C20H38O/c1-6-11-16-17(12-7-2)18(13-8-3)19(14-9-4)20(21)15-10-5/h16,20-21H,6-15H2,1-5H3/b17-16+,19-18-. The summed E-state index contributed by atoms with van der Waals surface area (Å²) in [5.41, 5.74) is 4.33. The van der Waals surface area contributed by atoms with E-state index in [9.17, 15) is 5.11 Å². The van der Waals surface area contributed by atoms with Gasteiger partial charge in [-0.15, -0.1) is 0 Å². The summed E-state index contributed by atoms with van der Waals surface area (Å²) >= 11 is 0. The van der Waals surface area contributed by atoms with Gasteiger partial charge in [0.1, 0.15) is 0 Å². The molecule has 1 nitrogen and oxygen atoms in total. The summed E-state index contributed by atoms with van der Waals surface area (Å²) in [7, 11) is 0. The molecule has 0 aliphatic rings. The molecule has 0 saturated heterocycles. The van der Waals surface area contributed by atoms with Crippen molar-refractivity contribution in [1.29, 1.82) is 0 Å². The summed E-state index contributed by atoms with van der Waals surface area (Å²) < 4.78 is 0. The first kappa shape index (κ1) is 20.4. The molecular formula is C20H38O. The summed E-state index contributed by atoms with van der Waals surface area (Å²) in [6, 6.07) is 0. The SMILES string of the molecule is CCC/C=C(CCC)/C(CCC)=C(/CCC)C(O)CCC. The van der Waals surface area contributed by atoms with Gasteiger partial charge in [-0.3, -0.25) is 0 Å². The van der Waals surface area contributed by atoms with Crippen LogP contribution in [-0.2, 0) is 0 Å². The van der Waals surface area contributed by atoms with Gasteiger partial charge in [0.25, 0.3) is 0 Å². The maximum Gasteiger partial charge on any atom is 0.0755 e. The Labute approximate surface area is 133 Å².